The van der Waals surface area contributed by atoms with Crippen molar-refractivity contribution in [1.82, 2.24) is 10.2 Å². The monoisotopic (exact) mass is 248 g/mol. The number of phenols is 1. The maximum Gasteiger partial charge on any atom is 0.120 e. The second kappa shape index (κ2) is 6.21. The van der Waals surface area contributed by atoms with Crippen molar-refractivity contribution in [1.29, 1.82) is 0 Å². The Bertz CT molecular complexity index is 375. The summed E-state index contributed by atoms with van der Waals surface area (Å²) in [5.74, 6) is 0.414. The molecule has 0 aromatic heterocycles. The average Bonchev–Trinajstić information content (AvgIpc) is 2.89. The van der Waals surface area contributed by atoms with Crippen LogP contribution in [-0.4, -0.2) is 35.7 Å². The lowest BCUT2D eigenvalue weighted by molar-refractivity contribution is 0.151. The number of aromatic hydroxyl groups is 1. The van der Waals surface area contributed by atoms with Gasteiger partial charge >= 0.3 is 0 Å². The third-order valence-electron chi connectivity index (χ3n) is 3.87. The first-order chi connectivity index (χ1) is 8.74. The fraction of sp³-hybridized carbons (Fsp3) is 0.600. The predicted molar refractivity (Wildman–Crippen MR) is 74.8 cm³/mol. The van der Waals surface area contributed by atoms with Crippen molar-refractivity contribution < 1.29 is 5.11 Å². The average molecular weight is 248 g/mol. The number of nitrogens with zero attached hydrogens (tertiary/aromatic N) is 1. The highest BCUT2D eigenvalue weighted by Crippen LogP contribution is 2.30. The summed E-state index contributed by atoms with van der Waals surface area (Å²) in [5.41, 5.74) is 1.04. The number of para-hydroxylation sites is 1. The Labute approximate surface area is 110 Å². The van der Waals surface area contributed by atoms with E-state index in [-0.39, 0.29) is 6.04 Å². The fourth-order valence-electron chi connectivity index (χ4n) is 2.89. The first kappa shape index (κ1) is 13.4. The van der Waals surface area contributed by atoms with Crippen molar-refractivity contribution in [2.75, 3.05) is 19.6 Å². The third-order valence-corrected chi connectivity index (χ3v) is 3.87. The molecule has 1 aliphatic heterocycles. The van der Waals surface area contributed by atoms with Crippen LogP contribution in [0.25, 0.3) is 0 Å². The fourth-order valence-corrected chi connectivity index (χ4v) is 2.89. The van der Waals surface area contributed by atoms with Crippen LogP contribution in [0.5, 0.6) is 5.75 Å². The van der Waals surface area contributed by atoms with E-state index in [1.54, 1.807) is 6.07 Å². The molecular weight excluding hydrogens is 224 g/mol. The van der Waals surface area contributed by atoms with Crippen LogP contribution >= 0.6 is 0 Å². The summed E-state index contributed by atoms with van der Waals surface area (Å²) in [7, 11) is 0. The van der Waals surface area contributed by atoms with E-state index in [1.807, 2.05) is 18.2 Å². The lowest BCUT2D eigenvalue weighted by Crippen LogP contribution is -2.39. The highest BCUT2D eigenvalue weighted by molar-refractivity contribution is 5.34. The standard InChI is InChI=1S/C15H24N2O/c1-3-10-17(13-8-9-16-11-13)12(2)14-6-4-5-7-15(14)18/h4-7,12-13,16,18H,3,8-11H2,1-2H3. The van der Waals surface area contributed by atoms with Crippen LogP contribution in [0.15, 0.2) is 24.3 Å². The van der Waals surface area contributed by atoms with Crippen molar-refractivity contribution in [3.05, 3.63) is 29.8 Å². The zero-order chi connectivity index (χ0) is 13.0. The molecule has 1 aromatic rings. The molecule has 1 heterocycles. The number of phenolic OH excluding ortho intramolecular Hbond substituents is 1. The zero-order valence-corrected chi connectivity index (χ0v) is 11.4. The van der Waals surface area contributed by atoms with Crippen LogP contribution in [-0.2, 0) is 0 Å². The van der Waals surface area contributed by atoms with E-state index in [1.165, 1.54) is 6.42 Å². The Balaban J connectivity index is 2.17. The molecule has 0 radical (unpaired) electrons. The molecular formula is C15H24N2O. The molecule has 18 heavy (non-hydrogen) atoms. The van der Waals surface area contributed by atoms with Gasteiger partial charge in [0.15, 0.2) is 0 Å². The molecule has 0 aliphatic carbocycles. The van der Waals surface area contributed by atoms with Gasteiger partial charge in [-0.2, -0.15) is 0 Å². The Morgan fingerprint density at radius 2 is 2.22 bits per heavy atom. The first-order valence-corrected chi connectivity index (χ1v) is 6.98. The smallest absolute Gasteiger partial charge is 0.120 e. The molecule has 100 valence electrons. The second-order valence-electron chi connectivity index (χ2n) is 5.12. The molecule has 1 aliphatic rings. The quantitative estimate of drug-likeness (QED) is 0.840. The van der Waals surface area contributed by atoms with Gasteiger partial charge in [-0.25, -0.2) is 0 Å². The van der Waals surface area contributed by atoms with Crippen LogP contribution in [0, 0.1) is 0 Å². The molecule has 3 nitrogen and oxygen atoms in total. The van der Waals surface area contributed by atoms with Crippen LogP contribution in [0.1, 0.15) is 38.3 Å². The van der Waals surface area contributed by atoms with Gasteiger partial charge in [-0.3, -0.25) is 4.90 Å². The van der Waals surface area contributed by atoms with Gasteiger partial charge in [0.2, 0.25) is 0 Å². The largest absolute Gasteiger partial charge is 0.508 e. The second-order valence-corrected chi connectivity index (χ2v) is 5.12. The normalized spacial score (nSPS) is 21.4. The lowest BCUT2D eigenvalue weighted by Gasteiger charge is -2.34. The molecule has 2 N–H and O–H groups in total. The minimum Gasteiger partial charge on any atom is -0.508 e. The molecule has 0 saturated carbocycles. The van der Waals surface area contributed by atoms with E-state index >= 15 is 0 Å². The first-order valence-electron chi connectivity index (χ1n) is 6.98. The van der Waals surface area contributed by atoms with Gasteiger partial charge in [-0.15, -0.1) is 0 Å². The van der Waals surface area contributed by atoms with Gasteiger partial charge in [0, 0.05) is 24.2 Å². The molecule has 1 aromatic carbocycles. The van der Waals surface area contributed by atoms with Crippen LogP contribution in [0.3, 0.4) is 0 Å². The topological polar surface area (TPSA) is 35.5 Å². The molecule has 0 spiro atoms. The minimum atomic E-state index is 0.274. The summed E-state index contributed by atoms with van der Waals surface area (Å²) in [6.07, 6.45) is 2.35. The Morgan fingerprint density at radius 1 is 1.44 bits per heavy atom. The molecule has 0 bridgehead atoms. The molecule has 2 unspecified atom stereocenters. The number of hydrogen-bond donors (Lipinski definition) is 2. The summed E-state index contributed by atoms with van der Waals surface area (Å²) in [6.45, 7) is 7.67. The molecule has 1 saturated heterocycles. The number of nitrogens with one attached hydrogen (secondary N) is 1. The molecule has 0 amide bonds. The van der Waals surface area contributed by atoms with E-state index in [4.69, 9.17) is 0 Å². The highest BCUT2D eigenvalue weighted by atomic mass is 16.3. The van der Waals surface area contributed by atoms with Crippen LogP contribution in [0.4, 0.5) is 0 Å². The van der Waals surface area contributed by atoms with Gasteiger partial charge in [0.05, 0.1) is 0 Å². The van der Waals surface area contributed by atoms with E-state index in [2.05, 4.69) is 24.1 Å². The van der Waals surface area contributed by atoms with E-state index in [0.717, 1.165) is 31.6 Å². The van der Waals surface area contributed by atoms with E-state index < -0.39 is 0 Å². The predicted octanol–water partition coefficient (Wildman–Crippen LogP) is 2.53. The van der Waals surface area contributed by atoms with Crippen molar-refractivity contribution >= 4 is 0 Å². The highest BCUT2D eigenvalue weighted by Gasteiger charge is 2.27. The SMILES string of the molecule is CCCN(C1CCNC1)C(C)c1ccccc1O. The van der Waals surface area contributed by atoms with Crippen molar-refractivity contribution in [3.63, 3.8) is 0 Å². The Kier molecular flexibility index (Phi) is 4.61. The summed E-state index contributed by atoms with van der Waals surface area (Å²) in [6, 6.07) is 8.57. The number of hydrogen-bond acceptors (Lipinski definition) is 3. The molecule has 1 fully saturated rings. The summed E-state index contributed by atoms with van der Waals surface area (Å²) < 4.78 is 0. The summed E-state index contributed by atoms with van der Waals surface area (Å²) >= 11 is 0. The lowest BCUT2D eigenvalue weighted by atomic mass is 10.0. The van der Waals surface area contributed by atoms with Gasteiger partial charge in [0.25, 0.3) is 0 Å². The summed E-state index contributed by atoms with van der Waals surface area (Å²) in [4.78, 5) is 2.52. The zero-order valence-electron chi connectivity index (χ0n) is 11.4. The number of benzene rings is 1. The number of rotatable bonds is 5. The van der Waals surface area contributed by atoms with Crippen molar-refractivity contribution in [3.8, 4) is 5.75 Å². The van der Waals surface area contributed by atoms with E-state index in [0.29, 0.717) is 11.8 Å². The van der Waals surface area contributed by atoms with Crippen molar-refractivity contribution in [2.24, 2.45) is 0 Å². The van der Waals surface area contributed by atoms with Gasteiger partial charge in [-0.05, 0) is 38.9 Å². The molecule has 3 heteroatoms. The summed E-state index contributed by atoms with van der Waals surface area (Å²) in [5, 5.41) is 13.4. The molecule has 2 atom stereocenters. The maximum atomic E-state index is 10.00. The Hall–Kier alpha value is -1.06. The third kappa shape index (κ3) is 2.85. The maximum absolute atomic E-state index is 10.00. The van der Waals surface area contributed by atoms with Crippen LogP contribution < -0.4 is 5.32 Å². The molecule has 2 rings (SSSR count). The Morgan fingerprint density at radius 3 is 2.83 bits per heavy atom. The van der Waals surface area contributed by atoms with Crippen molar-refractivity contribution in [2.45, 2.75) is 38.8 Å². The van der Waals surface area contributed by atoms with Crippen LogP contribution in [0.2, 0.25) is 0 Å². The van der Waals surface area contributed by atoms with E-state index in [9.17, 15) is 5.11 Å². The van der Waals surface area contributed by atoms with Gasteiger partial charge < -0.3 is 10.4 Å². The van der Waals surface area contributed by atoms with Gasteiger partial charge in [-0.1, -0.05) is 25.1 Å². The van der Waals surface area contributed by atoms with Gasteiger partial charge in [0.1, 0.15) is 5.75 Å². The minimum absolute atomic E-state index is 0.274.